The van der Waals surface area contributed by atoms with Crippen LogP contribution in [0.5, 0.6) is 0 Å². The predicted molar refractivity (Wildman–Crippen MR) is 202 cm³/mol. The summed E-state index contributed by atoms with van der Waals surface area (Å²) < 4.78 is 13.3. The maximum atomic E-state index is 14.3. The number of likely N-dealkylation sites (N-methyl/N-ethyl adjacent to an activating group) is 2. The molecule has 6 N–H and O–H groups in total. The largest absolute Gasteiger partial charge is 0.386 e. The summed E-state index contributed by atoms with van der Waals surface area (Å²) >= 11 is 0. The Bertz CT molecular complexity index is 1360. The molecule has 0 saturated heterocycles. The summed E-state index contributed by atoms with van der Waals surface area (Å²) in [6.07, 6.45) is 0.0321. The van der Waals surface area contributed by atoms with Gasteiger partial charge in [0, 0.05) is 45.6 Å². The Morgan fingerprint density at radius 1 is 0.902 bits per heavy atom. The molecular formula is C39H66N6O6. The molecule has 0 aliphatic carbocycles. The Morgan fingerprint density at radius 2 is 1.51 bits per heavy atom. The number of carbonyl (C=O) groups excluding carboxylic acids is 3. The van der Waals surface area contributed by atoms with E-state index in [4.69, 9.17) is 20.9 Å². The highest BCUT2D eigenvalue weighted by atomic mass is 16.5. The first-order valence-corrected chi connectivity index (χ1v) is 18.2. The highest BCUT2D eigenvalue weighted by molar-refractivity contribution is 5.83. The van der Waals surface area contributed by atoms with Crippen LogP contribution in [0.4, 0.5) is 0 Å². The topological polar surface area (TPSA) is 165 Å². The van der Waals surface area contributed by atoms with Crippen molar-refractivity contribution >= 4 is 17.7 Å². The monoisotopic (exact) mass is 715 g/mol. The van der Waals surface area contributed by atoms with Crippen molar-refractivity contribution < 1.29 is 29.0 Å². The second-order valence-corrected chi connectivity index (χ2v) is 14.8. The van der Waals surface area contributed by atoms with Crippen LogP contribution in [0.25, 0.3) is 0 Å². The van der Waals surface area contributed by atoms with Gasteiger partial charge in [-0.3, -0.25) is 19.0 Å². The number of benzene rings is 1. The number of nitrogens with two attached hydrogens (primary N) is 2. The van der Waals surface area contributed by atoms with E-state index in [-0.39, 0.29) is 42.0 Å². The minimum absolute atomic E-state index is 0.0239. The van der Waals surface area contributed by atoms with Crippen molar-refractivity contribution in [3.63, 3.8) is 0 Å². The molecule has 2 aromatic rings. The molecule has 288 valence electrons. The van der Waals surface area contributed by atoms with Crippen molar-refractivity contribution in [3.8, 4) is 0 Å². The lowest BCUT2D eigenvalue weighted by Gasteiger charge is -2.43. The fraction of sp³-hybridized carbons (Fsp3) is 0.667. The number of carbonyl (C=O) groups is 3. The normalized spacial score (nSPS) is 18.5. The Balaban J connectivity index is 2.34. The summed E-state index contributed by atoms with van der Waals surface area (Å²) in [7, 11) is 8.71. The number of aliphatic hydroxyl groups excluding tert-OH is 1. The first-order valence-electron chi connectivity index (χ1n) is 18.2. The average Bonchev–Trinajstić information content (AvgIpc) is 3.57. The standard InChI is InChI=1S/C39H66N6O6/c1-13-24(4)35(44(10)39(49)32(26(6)40)33(41)34(23(2)3)43(8)9)30(50-11)22-31(46)45-21-17-20-29(45)37(51-12)25(5)38(48)42-27(7)36(47)28-18-15-14-16-19-28/h14-21,23-27,30,32-37,47H,13,22,40-41H2,1-12H3,(H,42,48)/t24-,25+,26-,27+,30+,32-,33-,34-,35-,36+,37+/m0/s1. The number of methoxy groups -OCH3 is 2. The molecule has 0 aliphatic rings. The Labute approximate surface area is 306 Å². The van der Waals surface area contributed by atoms with E-state index >= 15 is 0 Å². The molecule has 0 spiro atoms. The first kappa shape index (κ1) is 44.0. The molecule has 2 amide bonds. The minimum Gasteiger partial charge on any atom is -0.386 e. The van der Waals surface area contributed by atoms with E-state index in [1.54, 1.807) is 63.4 Å². The third kappa shape index (κ3) is 10.9. The number of hydrogen-bond acceptors (Lipinski definition) is 9. The molecule has 0 aliphatic heterocycles. The van der Waals surface area contributed by atoms with Crippen LogP contribution in [-0.4, -0.2) is 109 Å². The predicted octanol–water partition coefficient (Wildman–Crippen LogP) is 3.85. The number of nitrogens with zero attached hydrogens (tertiary/aromatic N) is 3. The summed E-state index contributed by atoms with van der Waals surface area (Å²) in [5.41, 5.74) is 14.5. The van der Waals surface area contributed by atoms with Crippen molar-refractivity contribution in [1.29, 1.82) is 0 Å². The van der Waals surface area contributed by atoms with Crippen molar-refractivity contribution in [2.24, 2.45) is 35.1 Å². The fourth-order valence-electron chi connectivity index (χ4n) is 7.52. The zero-order chi connectivity index (χ0) is 38.7. The lowest BCUT2D eigenvalue weighted by molar-refractivity contribution is -0.143. The lowest BCUT2D eigenvalue weighted by atomic mass is 9.81. The second-order valence-electron chi connectivity index (χ2n) is 14.8. The van der Waals surface area contributed by atoms with Gasteiger partial charge in [-0.25, -0.2) is 0 Å². The third-order valence-corrected chi connectivity index (χ3v) is 10.5. The molecule has 1 aromatic heterocycles. The maximum Gasteiger partial charge on any atom is 0.233 e. The molecule has 0 saturated carbocycles. The first-order chi connectivity index (χ1) is 23.9. The molecule has 12 heteroatoms. The van der Waals surface area contributed by atoms with Gasteiger partial charge in [0.2, 0.25) is 17.7 Å². The third-order valence-electron chi connectivity index (χ3n) is 10.5. The van der Waals surface area contributed by atoms with E-state index in [0.717, 1.165) is 6.42 Å². The molecule has 11 atom stereocenters. The van der Waals surface area contributed by atoms with Crippen LogP contribution in [-0.2, 0) is 19.1 Å². The highest BCUT2D eigenvalue weighted by Crippen LogP contribution is 2.30. The van der Waals surface area contributed by atoms with E-state index in [1.165, 1.54) is 11.7 Å². The number of aliphatic hydroxyl groups is 1. The highest BCUT2D eigenvalue weighted by Gasteiger charge is 2.42. The summed E-state index contributed by atoms with van der Waals surface area (Å²) in [6.45, 7) is 13.5. The molecular weight excluding hydrogens is 648 g/mol. The van der Waals surface area contributed by atoms with Crippen molar-refractivity contribution in [2.45, 2.75) is 110 Å². The van der Waals surface area contributed by atoms with E-state index < -0.39 is 54.3 Å². The molecule has 2 rings (SSSR count). The molecule has 1 aromatic carbocycles. The van der Waals surface area contributed by atoms with Crippen LogP contribution in [0.15, 0.2) is 48.7 Å². The quantitative estimate of drug-likeness (QED) is 0.160. The molecule has 12 nitrogen and oxygen atoms in total. The van der Waals surface area contributed by atoms with Crippen LogP contribution in [0, 0.1) is 23.7 Å². The van der Waals surface area contributed by atoms with Gasteiger partial charge in [0.15, 0.2) is 0 Å². The number of rotatable bonds is 20. The average molecular weight is 715 g/mol. The van der Waals surface area contributed by atoms with Crippen LogP contribution in [0.3, 0.4) is 0 Å². The van der Waals surface area contributed by atoms with E-state index in [9.17, 15) is 19.5 Å². The van der Waals surface area contributed by atoms with Crippen LogP contribution in [0.1, 0.15) is 89.6 Å². The fourth-order valence-corrected chi connectivity index (χ4v) is 7.52. The van der Waals surface area contributed by atoms with Crippen LogP contribution < -0.4 is 16.8 Å². The molecule has 1 heterocycles. The maximum absolute atomic E-state index is 14.3. The molecule has 0 fully saturated rings. The Kier molecular flexibility index (Phi) is 17.4. The van der Waals surface area contributed by atoms with E-state index in [2.05, 4.69) is 19.2 Å². The summed E-state index contributed by atoms with van der Waals surface area (Å²) in [5.74, 6) is -1.98. The summed E-state index contributed by atoms with van der Waals surface area (Å²) in [4.78, 5) is 45.5. The smallest absolute Gasteiger partial charge is 0.233 e. The van der Waals surface area contributed by atoms with Crippen molar-refractivity contribution in [2.75, 3.05) is 35.4 Å². The van der Waals surface area contributed by atoms with Gasteiger partial charge in [-0.1, -0.05) is 71.4 Å². The van der Waals surface area contributed by atoms with Gasteiger partial charge < -0.3 is 41.2 Å². The van der Waals surface area contributed by atoms with E-state index in [1.807, 2.05) is 58.0 Å². The van der Waals surface area contributed by atoms with Crippen LogP contribution >= 0.6 is 0 Å². The van der Waals surface area contributed by atoms with Gasteiger partial charge in [-0.05, 0) is 57.5 Å². The molecule has 0 unspecified atom stereocenters. The molecule has 0 bridgehead atoms. The number of aromatic nitrogens is 1. The summed E-state index contributed by atoms with van der Waals surface area (Å²) in [5, 5.41) is 13.7. The van der Waals surface area contributed by atoms with Gasteiger partial charge in [-0.2, -0.15) is 0 Å². The van der Waals surface area contributed by atoms with Gasteiger partial charge >= 0.3 is 0 Å². The Hall–Kier alpha value is -3.13. The number of amides is 2. The minimum atomic E-state index is -0.896. The number of ether oxygens (including phenoxy) is 2. The second kappa shape index (κ2) is 20.2. The molecule has 0 radical (unpaired) electrons. The van der Waals surface area contributed by atoms with Gasteiger partial charge in [0.1, 0.15) is 6.10 Å². The number of nitrogens with one attached hydrogen (secondary N) is 1. The number of hydrogen-bond donors (Lipinski definition) is 4. The summed E-state index contributed by atoms with van der Waals surface area (Å²) in [6, 6.07) is 10.5. The van der Waals surface area contributed by atoms with Gasteiger partial charge in [0.25, 0.3) is 0 Å². The van der Waals surface area contributed by atoms with E-state index in [0.29, 0.717) is 11.3 Å². The SMILES string of the molecule is CC[C@H](C)[C@@H]([C@@H](CC(=O)n1cccc1[C@H](OC)[C@@H](C)C(=O)N[C@H](C)[C@@H](O)c1ccccc1)OC)N(C)C(=O)[C@H]([C@H](N)[C@H](C(C)C)N(C)C)[C@H](C)N. The zero-order valence-corrected chi connectivity index (χ0v) is 32.9. The van der Waals surface area contributed by atoms with Crippen molar-refractivity contribution in [3.05, 3.63) is 59.9 Å². The van der Waals surface area contributed by atoms with Crippen LogP contribution in [0.2, 0.25) is 0 Å². The zero-order valence-electron chi connectivity index (χ0n) is 32.9. The van der Waals surface area contributed by atoms with Gasteiger partial charge in [-0.15, -0.1) is 0 Å². The lowest BCUT2D eigenvalue weighted by Crippen LogP contribution is -2.61. The van der Waals surface area contributed by atoms with Crippen molar-refractivity contribution in [1.82, 2.24) is 19.7 Å². The van der Waals surface area contributed by atoms with Gasteiger partial charge in [0.05, 0.1) is 48.2 Å². The molecule has 51 heavy (non-hydrogen) atoms. The Morgan fingerprint density at radius 3 is 2.00 bits per heavy atom.